The van der Waals surface area contributed by atoms with Crippen molar-refractivity contribution in [1.82, 2.24) is 9.47 Å². The Morgan fingerprint density at radius 2 is 2.35 bits per heavy atom. The van der Waals surface area contributed by atoms with Gasteiger partial charge < -0.3 is 15.2 Å². The van der Waals surface area contributed by atoms with Crippen LogP contribution in [-0.4, -0.2) is 35.0 Å². The zero-order valence-electron chi connectivity index (χ0n) is 10.6. The number of nitrogens with two attached hydrogens (primary N) is 1. The number of carbonyl (C=O) groups is 1. The molecule has 2 rings (SSSR count). The lowest BCUT2D eigenvalue weighted by Crippen LogP contribution is -2.43. The Bertz CT molecular complexity index is 395. The van der Waals surface area contributed by atoms with Crippen LogP contribution < -0.4 is 5.73 Å². The lowest BCUT2D eigenvalue weighted by Gasteiger charge is -2.27. The molecule has 17 heavy (non-hydrogen) atoms. The molecule has 0 aliphatic heterocycles. The van der Waals surface area contributed by atoms with Crippen molar-refractivity contribution in [3.05, 3.63) is 24.0 Å². The first-order valence-electron chi connectivity index (χ1n) is 6.31. The molecule has 1 aromatic rings. The minimum Gasteiger partial charge on any atom is -0.344 e. The molecule has 2 N–H and O–H groups in total. The summed E-state index contributed by atoms with van der Waals surface area (Å²) in [5, 5.41) is 0. The first-order valence-corrected chi connectivity index (χ1v) is 6.31. The summed E-state index contributed by atoms with van der Waals surface area (Å²) in [5.41, 5.74) is 6.53. The predicted octanol–water partition coefficient (Wildman–Crippen LogP) is 1.32. The van der Waals surface area contributed by atoms with Crippen molar-refractivity contribution in [2.45, 2.75) is 32.4 Å². The van der Waals surface area contributed by atoms with E-state index in [-0.39, 0.29) is 11.9 Å². The van der Waals surface area contributed by atoms with Gasteiger partial charge in [0, 0.05) is 32.4 Å². The Morgan fingerprint density at radius 3 is 2.88 bits per heavy atom. The van der Waals surface area contributed by atoms with Crippen LogP contribution in [0.25, 0.3) is 0 Å². The predicted molar refractivity (Wildman–Crippen MR) is 67.8 cm³/mol. The number of carbonyl (C=O) groups excluding carboxylic acids is 1. The third-order valence-corrected chi connectivity index (χ3v) is 3.61. The van der Waals surface area contributed by atoms with Gasteiger partial charge in [0.25, 0.3) is 5.91 Å². The van der Waals surface area contributed by atoms with Crippen molar-refractivity contribution in [3.8, 4) is 0 Å². The molecular formula is C13H21N3O. The van der Waals surface area contributed by atoms with Gasteiger partial charge in [0.05, 0.1) is 0 Å². The molecule has 4 nitrogen and oxygen atoms in total. The Hall–Kier alpha value is -1.29. The average Bonchev–Trinajstić information content (AvgIpc) is 3.05. The summed E-state index contributed by atoms with van der Waals surface area (Å²) in [6, 6.07) is 3.99. The van der Waals surface area contributed by atoms with Gasteiger partial charge in [-0.05, 0) is 37.8 Å². The molecule has 0 aromatic carbocycles. The van der Waals surface area contributed by atoms with E-state index in [1.54, 1.807) is 0 Å². The van der Waals surface area contributed by atoms with Crippen molar-refractivity contribution in [2.24, 2.45) is 11.7 Å². The minimum atomic E-state index is 0.0826. The number of aromatic nitrogens is 1. The molecule has 1 amide bonds. The fraction of sp³-hybridized carbons (Fsp3) is 0.615. The van der Waals surface area contributed by atoms with E-state index < -0.39 is 0 Å². The SMILES string of the molecule is CCn1cccc1C(=O)N(C)C(CN)C1CC1. The number of aryl methyl sites for hydroxylation is 1. The molecule has 1 atom stereocenters. The van der Waals surface area contributed by atoms with Gasteiger partial charge in [0.2, 0.25) is 0 Å². The van der Waals surface area contributed by atoms with Gasteiger partial charge in [-0.25, -0.2) is 0 Å². The van der Waals surface area contributed by atoms with Crippen molar-refractivity contribution in [2.75, 3.05) is 13.6 Å². The maximum absolute atomic E-state index is 12.4. The van der Waals surface area contributed by atoms with E-state index in [0.29, 0.717) is 12.5 Å². The van der Waals surface area contributed by atoms with Crippen LogP contribution in [0.1, 0.15) is 30.3 Å². The molecule has 0 radical (unpaired) electrons. The molecule has 1 fully saturated rings. The second-order valence-electron chi connectivity index (χ2n) is 4.74. The Morgan fingerprint density at radius 1 is 1.65 bits per heavy atom. The zero-order chi connectivity index (χ0) is 12.4. The highest BCUT2D eigenvalue weighted by molar-refractivity contribution is 5.92. The highest BCUT2D eigenvalue weighted by Crippen LogP contribution is 2.34. The normalized spacial score (nSPS) is 16.9. The van der Waals surface area contributed by atoms with Crippen molar-refractivity contribution >= 4 is 5.91 Å². The molecule has 0 bridgehead atoms. The van der Waals surface area contributed by atoms with Crippen LogP contribution in [0.2, 0.25) is 0 Å². The van der Waals surface area contributed by atoms with Gasteiger partial charge in [-0.15, -0.1) is 0 Å². The number of hydrogen-bond acceptors (Lipinski definition) is 2. The van der Waals surface area contributed by atoms with E-state index in [4.69, 9.17) is 5.73 Å². The van der Waals surface area contributed by atoms with Crippen LogP contribution in [0.4, 0.5) is 0 Å². The summed E-state index contributed by atoms with van der Waals surface area (Å²) >= 11 is 0. The summed E-state index contributed by atoms with van der Waals surface area (Å²) in [7, 11) is 1.87. The van der Waals surface area contributed by atoms with Gasteiger partial charge in [-0.3, -0.25) is 4.79 Å². The first-order chi connectivity index (χ1) is 8.19. The molecule has 1 heterocycles. The van der Waals surface area contributed by atoms with Gasteiger partial charge in [-0.1, -0.05) is 0 Å². The van der Waals surface area contributed by atoms with E-state index in [9.17, 15) is 4.79 Å². The summed E-state index contributed by atoms with van der Waals surface area (Å²) in [5.74, 6) is 0.693. The quantitative estimate of drug-likeness (QED) is 0.836. The molecule has 1 saturated carbocycles. The van der Waals surface area contributed by atoms with Gasteiger partial charge in [0.1, 0.15) is 5.69 Å². The summed E-state index contributed by atoms with van der Waals surface area (Å²) < 4.78 is 1.97. The minimum absolute atomic E-state index is 0.0826. The molecule has 1 unspecified atom stereocenters. The molecule has 1 aliphatic carbocycles. The van der Waals surface area contributed by atoms with Gasteiger partial charge in [0.15, 0.2) is 0 Å². The van der Waals surface area contributed by atoms with Crippen LogP contribution in [0.15, 0.2) is 18.3 Å². The van der Waals surface area contributed by atoms with E-state index in [1.807, 2.05) is 41.8 Å². The van der Waals surface area contributed by atoms with E-state index in [0.717, 1.165) is 12.2 Å². The fourth-order valence-corrected chi connectivity index (χ4v) is 2.36. The Balaban J connectivity index is 2.13. The first kappa shape index (κ1) is 12.2. The van der Waals surface area contributed by atoms with Crippen molar-refractivity contribution in [3.63, 3.8) is 0 Å². The lowest BCUT2D eigenvalue weighted by molar-refractivity contribution is 0.0708. The monoisotopic (exact) mass is 235 g/mol. The van der Waals surface area contributed by atoms with E-state index >= 15 is 0 Å². The van der Waals surface area contributed by atoms with Gasteiger partial charge in [-0.2, -0.15) is 0 Å². The molecule has 0 spiro atoms. The third-order valence-electron chi connectivity index (χ3n) is 3.61. The second-order valence-corrected chi connectivity index (χ2v) is 4.74. The highest BCUT2D eigenvalue weighted by atomic mass is 16.2. The average molecular weight is 235 g/mol. The highest BCUT2D eigenvalue weighted by Gasteiger charge is 2.35. The topological polar surface area (TPSA) is 51.3 Å². The number of amides is 1. The molecular weight excluding hydrogens is 214 g/mol. The fourth-order valence-electron chi connectivity index (χ4n) is 2.36. The number of rotatable bonds is 5. The van der Waals surface area contributed by atoms with Crippen LogP contribution in [0.3, 0.4) is 0 Å². The van der Waals surface area contributed by atoms with Crippen LogP contribution >= 0.6 is 0 Å². The summed E-state index contributed by atoms with van der Waals surface area (Å²) in [6.07, 6.45) is 4.35. The van der Waals surface area contributed by atoms with Crippen molar-refractivity contribution < 1.29 is 4.79 Å². The molecule has 0 saturated heterocycles. The van der Waals surface area contributed by atoms with E-state index in [1.165, 1.54) is 12.8 Å². The molecule has 1 aromatic heterocycles. The number of hydrogen-bond donors (Lipinski definition) is 1. The Kier molecular flexibility index (Phi) is 3.52. The standard InChI is InChI=1S/C13H21N3O/c1-3-16-8-4-5-11(16)13(17)15(2)12(9-14)10-6-7-10/h4-5,8,10,12H,3,6-7,9,14H2,1-2H3. The van der Waals surface area contributed by atoms with Crippen LogP contribution in [0.5, 0.6) is 0 Å². The smallest absolute Gasteiger partial charge is 0.270 e. The summed E-state index contributed by atoms with van der Waals surface area (Å²) in [6.45, 7) is 3.41. The summed E-state index contributed by atoms with van der Waals surface area (Å²) in [4.78, 5) is 14.2. The van der Waals surface area contributed by atoms with Crippen molar-refractivity contribution in [1.29, 1.82) is 0 Å². The van der Waals surface area contributed by atoms with Crippen LogP contribution in [-0.2, 0) is 6.54 Å². The maximum Gasteiger partial charge on any atom is 0.270 e. The maximum atomic E-state index is 12.4. The zero-order valence-corrected chi connectivity index (χ0v) is 10.6. The molecule has 1 aliphatic rings. The van der Waals surface area contributed by atoms with Crippen LogP contribution in [0, 0.1) is 5.92 Å². The number of likely N-dealkylation sites (N-methyl/N-ethyl adjacent to an activating group) is 1. The lowest BCUT2D eigenvalue weighted by atomic mass is 10.1. The van der Waals surface area contributed by atoms with E-state index in [2.05, 4.69) is 0 Å². The molecule has 4 heteroatoms. The molecule has 94 valence electrons. The second kappa shape index (κ2) is 4.92. The Labute approximate surface area is 102 Å². The van der Waals surface area contributed by atoms with Gasteiger partial charge >= 0.3 is 0 Å². The largest absolute Gasteiger partial charge is 0.344 e. The third kappa shape index (κ3) is 2.36. The number of nitrogens with zero attached hydrogens (tertiary/aromatic N) is 2.